The Morgan fingerprint density at radius 3 is 2.20 bits per heavy atom. The molecule has 2 rings (SSSR count). The number of phenols is 1. The van der Waals surface area contributed by atoms with Crippen molar-refractivity contribution >= 4 is 5.97 Å². The van der Waals surface area contributed by atoms with Crippen molar-refractivity contribution in [2.75, 3.05) is 6.54 Å². The molecule has 0 aromatic heterocycles. The Bertz CT molecular complexity index is 488. The summed E-state index contributed by atoms with van der Waals surface area (Å²) in [4.78, 5) is 10.6. The van der Waals surface area contributed by atoms with Crippen LogP contribution in [0.2, 0.25) is 0 Å². The van der Waals surface area contributed by atoms with Crippen molar-refractivity contribution in [2.24, 2.45) is 5.73 Å². The second kappa shape index (κ2) is 8.72. The third-order valence-electron chi connectivity index (χ3n) is 2.44. The molecule has 0 atom stereocenters. The molecule has 0 saturated carbocycles. The predicted molar refractivity (Wildman–Crippen MR) is 78.1 cm³/mol. The van der Waals surface area contributed by atoms with Crippen LogP contribution in [0.1, 0.15) is 11.1 Å². The topological polar surface area (TPSA) is 72.5 Å². The monoisotopic (exact) mass is 273 g/mol. The van der Waals surface area contributed by atoms with Gasteiger partial charge in [0.2, 0.25) is 0 Å². The van der Waals surface area contributed by atoms with Gasteiger partial charge in [-0.05, 0) is 24.6 Å². The predicted octanol–water partition coefficient (Wildman–Crippen LogP) is 2.39. The number of hydrogen-bond donors (Lipinski definition) is 2. The van der Waals surface area contributed by atoms with E-state index in [1.807, 2.05) is 49.4 Å². The molecule has 3 N–H and O–H groups in total. The first-order chi connectivity index (χ1) is 9.61. The van der Waals surface area contributed by atoms with E-state index in [2.05, 4.69) is 0 Å². The van der Waals surface area contributed by atoms with Gasteiger partial charge in [0.25, 0.3) is 0 Å². The maximum absolute atomic E-state index is 10.6. The SMILES string of the molecule is Cc1ccc(O)cc1.NCC(=O)OCc1ccccc1. The number of aromatic hydroxyl groups is 1. The van der Waals surface area contributed by atoms with Gasteiger partial charge in [0.05, 0.1) is 6.54 Å². The van der Waals surface area contributed by atoms with Crippen molar-refractivity contribution in [2.45, 2.75) is 13.5 Å². The molecule has 0 bridgehead atoms. The Kier molecular flexibility index (Phi) is 6.85. The number of esters is 1. The Hall–Kier alpha value is -2.33. The lowest BCUT2D eigenvalue weighted by molar-refractivity contribution is -0.143. The Morgan fingerprint density at radius 2 is 1.70 bits per heavy atom. The van der Waals surface area contributed by atoms with Crippen LogP contribution < -0.4 is 5.73 Å². The number of aryl methyl sites for hydroxylation is 1. The van der Waals surface area contributed by atoms with Crippen molar-refractivity contribution in [1.29, 1.82) is 0 Å². The molecule has 0 aliphatic carbocycles. The number of carbonyl (C=O) groups excluding carboxylic acids is 1. The van der Waals surface area contributed by atoms with Gasteiger partial charge >= 0.3 is 5.97 Å². The van der Waals surface area contributed by atoms with Gasteiger partial charge in [-0.15, -0.1) is 0 Å². The third kappa shape index (κ3) is 6.56. The highest BCUT2D eigenvalue weighted by molar-refractivity contribution is 5.71. The van der Waals surface area contributed by atoms with Crippen LogP contribution in [-0.2, 0) is 16.1 Å². The maximum Gasteiger partial charge on any atom is 0.320 e. The summed E-state index contributed by atoms with van der Waals surface area (Å²) in [6.07, 6.45) is 0. The molecule has 2 aromatic rings. The fraction of sp³-hybridized carbons (Fsp3) is 0.188. The zero-order valence-electron chi connectivity index (χ0n) is 11.5. The van der Waals surface area contributed by atoms with E-state index in [0.717, 1.165) is 5.56 Å². The van der Waals surface area contributed by atoms with E-state index in [9.17, 15) is 4.79 Å². The summed E-state index contributed by atoms with van der Waals surface area (Å²) in [5.74, 6) is -0.0468. The van der Waals surface area contributed by atoms with E-state index >= 15 is 0 Å². The van der Waals surface area contributed by atoms with Gasteiger partial charge in [0.1, 0.15) is 12.4 Å². The van der Waals surface area contributed by atoms with Gasteiger partial charge in [0, 0.05) is 0 Å². The molecule has 0 aliphatic heterocycles. The summed E-state index contributed by atoms with van der Waals surface area (Å²) in [6, 6.07) is 16.6. The van der Waals surface area contributed by atoms with Crippen molar-refractivity contribution in [1.82, 2.24) is 0 Å². The number of rotatable bonds is 3. The molecule has 0 fully saturated rings. The Labute approximate surface area is 118 Å². The zero-order valence-corrected chi connectivity index (χ0v) is 11.5. The molecule has 4 nitrogen and oxygen atoms in total. The molecule has 0 heterocycles. The minimum Gasteiger partial charge on any atom is -0.508 e. The molecule has 0 amide bonds. The Morgan fingerprint density at radius 1 is 1.10 bits per heavy atom. The second-order valence-corrected chi connectivity index (χ2v) is 4.19. The van der Waals surface area contributed by atoms with Gasteiger partial charge in [-0.2, -0.15) is 0 Å². The van der Waals surface area contributed by atoms with Crippen LogP contribution >= 0.6 is 0 Å². The van der Waals surface area contributed by atoms with Gasteiger partial charge in [-0.3, -0.25) is 4.79 Å². The summed E-state index contributed by atoms with van der Waals surface area (Å²) in [6.45, 7) is 2.23. The number of carbonyl (C=O) groups is 1. The highest BCUT2D eigenvalue weighted by Crippen LogP contribution is 2.07. The highest BCUT2D eigenvalue weighted by atomic mass is 16.5. The van der Waals surface area contributed by atoms with Crippen LogP contribution in [0.4, 0.5) is 0 Å². The molecule has 0 spiro atoms. The standard InChI is InChI=1S/C9H11NO2.C7H8O/c10-6-9(11)12-7-8-4-2-1-3-5-8;1-6-2-4-7(8)5-3-6/h1-5H,6-7,10H2;2-5,8H,1H3. The normalized spacial score (nSPS) is 9.30. The third-order valence-corrected chi connectivity index (χ3v) is 2.44. The van der Waals surface area contributed by atoms with Crippen molar-refractivity contribution in [3.05, 3.63) is 65.7 Å². The summed E-state index contributed by atoms with van der Waals surface area (Å²) >= 11 is 0. The first-order valence-electron chi connectivity index (χ1n) is 6.27. The number of phenolic OH excluding ortho intramolecular Hbond substituents is 1. The van der Waals surface area contributed by atoms with E-state index in [-0.39, 0.29) is 12.5 Å². The van der Waals surface area contributed by atoms with Gasteiger partial charge in [0.15, 0.2) is 0 Å². The molecule has 4 heteroatoms. The summed E-state index contributed by atoms with van der Waals surface area (Å²) < 4.78 is 4.81. The summed E-state index contributed by atoms with van der Waals surface area (Å²) in [5, 5.41) is 8.76. The lowest BCUT2D eigenvalue weighted by atomic mass is 10.2. The first kappa shape index (κ1) is 15.7. The highest BCUT2D eigenvalue weighted by Gasteiger charge is 1.97. The van der Waals surface area contributed by atoms with Crippen LogP contribution in [0.25, 0.3) is 0 Å². The van der Waals surface area contributed by atoms with Gasteiger partial charge < -0.3 is 15.6 Å². The quantitative estimate of drug-likeness (QED) is 0.842. The van der Waals surface area contributed by atoms with Crippen molar-refractivity contribution in [3.63, 3.8) is 0 Å². The number of benzene rings is 2. The molecule has 0 aliphatic rings. The van der Waals surface area contributed by atoms with Crippen LogP contribution in [0.3, 0.4) is 0 Å². The largest absolute Gasteiger partial charge is 0.508 e. The fourth-order valence-corrected chi connectivity index (χ4v) is 1.34. The smallest absolute Gasteiger partial charge is 0.320 e. The molecular formula is C16H19NO3. The van der Waals surface area contributed by atoms with Crippen LogP contribution in [0.5, 0.6) is 5.75 Å². The zero-order chi connectivity index (χ0) is 14.8. The minimum atomic E-state index is -0.376. The summed E-state index contributed by atoms with van der Waals surface area (Å²) in [5.41, 5.74) is 7.20. The maximum atomic E-state index is 10.6. The lowest BCUT2D eigenvalue weighted by Gasteiger charge is -2.01. The average Bonchev–Trinajstić information content (AvgIpc) is 2.49. The second-order valence-electron chi connectivity index (χ2n) is 4.19. The summed E-state index contributed by atoms with van der Waals surface area (Å²) in [7, 11) is 0. The fourth-order valence-electron chi connectivity index (χ4n) is 1.34. The Balaban J connectivity index is 0.000000217. The molecule has 106 valence electrons. The van der Waals surface area contributed by atoms with E-state index < -0.39 is 0 Å². The van der Waals surface area contributed by atoms with E-state index in [1.165, 1.54) is 5.56 Å². The van der Waals surface area contributed by atoms with Gasteiger partial charge in [-0.1, -0.05) is 48.0 Å². The van der Waals surface area contributed by atoms with Crippen molar-refractivity contribution < 1.29 is 14.6 Å². The van der Waals surface area contributed by atoms with Crippen LogP contribution in [-0.4, -0.2) is 17.6 Å². The molecule has 0 radical (unpaired) electrons. The average molecular weight is 273 g/mol. The minimum absolute atomic E-state index is 0.0627. The molecular weight excluding hydrogens is 254 g/mol. The van der Waals surface area contributed by atoms with Crippen LogP contribution in [0, 0.1) is 6.92 Å². The number of ether oxygens (including phenoxy) is 1. The lowest BCUT2D eigenvalue weighted by Crippen LogP contribution is -2.16. The molecule has 2 aromatic carbocycles. The first-order valence-corrected chi connectivity index (χ1v) is 6.27. The molecule has 20 heavy (non-hydrogen) atoms. The number of hydrogen-bond acceptors (Lipinski definition) is 4. The van der Waals surface area contributed by atoms with Gasteiger partial charge in [-0.25, -0.2) is 0 Å². The molecule has 0 saturated heterocycles. The van der Waals surface area contributed by atoms with E-state index in [1.54, 1.807) is 12.1 Å². The van der Waals surface area contributed by atoms with E-state index in [4.69, 9.17) is 15.6 Å². The van der Waals surface area contributed by atoms with Crippen LogP contribution in [0.15, 0.2) is 54.6 Å². The van der Waals surface area contributed by atoms with E-state index in [0.29, 0.717) is 12.4 Å². The molecule has 0 unspecified atom stereocenters. The van der Waals surface area contributed by atoms with Crippen molar-refractivity contribution in [3.8, 4) is 5.75 Å². The number of nitrogens with two attached hydrogens (primary N) is 1.